The van der Waals surface area contributed by atoms with E-state index in [1.54, 1.807) is 7.11 Å². The number of amides is 1. The van der Waals surface area contributed by atoms with Crippen LogP contribution in [0.25, 0.3) is 11.1 Å². The van der Waals surface area contributed by atoms with E-state index >= 15 is 0 Å². The molecule has 3 nitrogen and oxygen atoms in total. The molecule has 0 bridgehead atoms. The molecule has 0 radical (unpaired) electrons. The average Bonchev–Trinajstić information content (AvgIpc) is 2.75. The zero-order valence-corrected chi connectivity index (χ0v) is 11.0. The van der Waals surface area contributed by atoms with Gasteiger partial charge in [-0.25, -0.2) is 0 Å². The van der Waals surface area contributed by atoms with E-state index in [0.29, 0.717) is 0 Å². The highest BCUT2D eigenvalue weighted by atomic mass is 16.5. The fourth-order valence-corrected chi connectivity index (χ4v) is 2.68. The summed E-state index contributed by atoms with van der Waals surface area (Å²) in [4.78, 5) is 11.2. The van der Waals surface area contributed by atoms with Crippen molar-refractivity contribution in [1.82, 2.24) is 0 Å². The minimum Gasteiger partial charge on any atom is -0.496 e. The van der Waals surface area contributed by atoms with Crippen molar-refractivity contribution in [3.05, 3.63) is 47.5 Å². The first-order chi connectivity index (χ1) is 9.19. The van der Waals surface area contributed by atoms with Gasteiger partial charge in [-0.3, -0.25) is 4.79 Å². The molecular formula is C16H15NO2. The van der Waals surface area contributed by atoms with E-state index in [-0.39, 0.29) is 5.91 Å². The summed E-state index contributed by atoms with van der Waals surface area (Å²) >= 11 is 0. The monoisotopic (exact) mass is 253 g/mol. The van der Waals surface area contributed by atoms with Gasteiger partial charge in [0, 0.05) is 24.2 Å². The van der Waals surface area contributed by atoms with Crippen molar-refractivity contribution >= 4 is 11.6 Å². The Morgan fingerprint density at radius 1 is 1.21 bits per heavy atom. The number of methoxy groups -OCH3 is 1. The van der Waals surface area contributed by atoms with Crippen molar-refractivity contribution in [3.63, 3.8) is 0 Å². The number of hydrogen-bond donors (Lipinski definition) is 1. The maximum absolute atomic E-state index is 11.2. The third-order valence-electron chi connectivity index (χ3n) is 3.39. The average molecular weight is 253 g/mol. The highest BCUT2D eigenvalue weighted by Crippen LogP contribution is 2.44. The highest BCUT2D eigenvalue weighted by molar-refractivity contribution is 5.91. The molecule has 19 heavy (non-hydrogen) atoms. The number of fused-ring (bicyclic) bond motifs is 3. The molecule has 2 aromatic rings. The Morgan fingerprint density at radius 2 is 2.00 bits per heavy atom. The number of ether oxygens (including phenoxy) is 1. The summed E-state index contributed by atoms with van der Waals surface area (Å²) in [7, 11) is 1.66. The molecule has 0 aliphatic heterocycles. The lowest BCUT2D eigenvalue weighted by Gasteiger charge is -2.11. The topological polar surface area (TPSA) is 38.3 Å². The molecule has 0 unspecified atom stereocenters. The van der Waals surface area contributed by atoms with Crippen LogP contribution in [0.5, 0.6) is 5.75 Å². The zero-order chi connectivity index (χ0) is 13.4. The van der Waals surface area contributed by atoms with Gasteiger partial charge in [0.25, 0.3) is 0 Å². The molecular weight excluding hydrogens is 238 g/mol. The van der Waals surface area contributed by atoms with Crippen molar-refractivity contribution < 1.29 is 9.53 Å². The van der Waals surface area contributed by atoms with Gasteiger partial charge in [-0.05, 0) is 29.2 Å². The summed E-state index contributed by atoms with van der Waals surface area (Å²) in [5.41, 5.74) is 5.66. The fourth-order valence-electron chi connectivity index (χ4n) is 2.68. The second-order valence-corrected chi connectivity index (χ2v) is 4.73. The Kier molecular flexibility index (Phi) is 2.75. The van der Waals surface area contributed by atoms with Crippen molar-refractivity contribution in [2.45, 2.75) is 13.3 Å². The largest absolute Gasteiger partial charge is 0.496 e. The van der Waals surface area contributed by atoms with Crippen LogP contribution in [0.4, 0.5) is 5.69 Å². The minimum atomic E-state index is -0.0717. The quantitative estimate of drug-likeness (QED) is 0.761. The van der Waals surface area contributed by atoms with E-state index < -0.39 is 0 Å². The Hall–Kier alpha value is -2.29. The second kappa shape index (κ2) is 4.43. The van der Waals surface area contributed by atoms with Crippen LogP contribution in [-0.2, 0) is 11.2 Å². The van der Waals surface area contributed by atoms with Gasteiger partial charge in [-0.1, -0.05) is 24.3 Å². The number of hydrogen-bond acceptors (Lipinski definition) is 2. The predicted molar refractivity (Wildman–Crippen MR) is 75.5 cm³/mol. The Balaban J connectivity index is 2.15. The Bertz CT molecular complexity index is 662. The van der Waals surface area contributed by atoms with Gasteiger partial charge in [0.2, 0.25) is 5.91 Å². The van der Waals surface area contributed by atoms with E-state index in [9.17, 15) is 4.79 Å². The molecule has 0 spiro atoms. The summed E-state index contributed by atoms with van der Waals surface area (Å²) < 4.78 is 5.48. The SMILES string of the molecule is COc1cc(NC(C)=O)cc2c1-c1ccccc1C2. The molecule has 0 saturated heterocycles. The van der Waals surface area contributed by atoms with Crippen molar-refractivity contribution in [2.75, 3.05) is 12.4 Å². The highest BCUT2D eigenvalue weighted by Gasteiger charge is 2.22. The van der Waals surface area contributed by atoms with Gasteiger partial charge in [-0.15, -0.1) is 0 Å². The van der Waals surface area contributed by atoms with Gasteiger partial charge >= 0.3 is 0 Å². The zero-order valence-electron chi connectivity index (χ0n) is 11.0. The first kappa shape index (κ1) is 11.8. The van der Waals surface area contributed by atoms with Crippen LogP contribution in [0.2, 0.25) is 0 Å². The molecule has 2 aromatic carbocycles. The molecule has 1 aliphatic rings. The number of carbonyl (C=O) groups excluding carboxylic acids is 1. The van der Waals surface area contributed by atoms with Crippen LogP contribution in [0.3, 0.4) is 0 Å². The lowest BCUT2D eigenvalue weighted by atomic mass is 10.0. The van der Waals surface area contributed by atoms with E-state index in [1.807, 2.05) is 24.3 Å². The minimum absolute atomic E-state index is 0.0717. The number of nitrogens with one attached hydrogen (secondary N) is 1. The van der Waals surface area contributed by atoms with Crippen LogP contribution in [-0.4, -0.2) is 13.0 Å². The van der Waals surface area contributed by atoms with Crippen molar-refractivity contribution in [1.29, 1.82) is 0 Å². The van der Waals surface area contributed by atoms with Crippen LogP contribution in [0, 0.1) is 0 Å². The summed E-state index contributed by atoms with van der Waals surface area (Å²) in [5, 5.41) is 2.82. The first-order valence-corrected chi connectivity index (χ1v) is 6.26. The first-order valence-electron chi connectivity index (χ1n) is 6.26. The molecule has 0 atom stereocenters. The molecule has 0 heterocycles. The van der Waals surface area contributed by atoms with Crippen molar-refractivity contribution in [2.24, 2.45) is 0 Å². The van der Waals surface area contributed by atoms with Gasteiger partial charge in [-0.2, -0.15) is 0 Å². The van der Waals surface area contributed by atoms with Crippen LogP contribution < -0.4 is 10.1 Å². The normalized spacial score (nSPS) is 11.7. The predicted octanol–water partition coefficient (Wildman–Crippen LogP) is 3.22. The third-order valence-corrected chi connectivity index (χ3v) is 3.39. The van der Waals surface area contributed by atoms with Gasteiger partial charge in [0.1, 0.15) is 5.75 Å². The maximum atomic E-state index is 11.2. The summed E-state index contributed by atoms with van der Waals surface area (Å²) in [6.07, 6.45) is 0.884. The second-order valence-electron chi connectivity index (χ2n) is 4.73. The number of anilines is 1. The molecule has 0 saturated carbocycles. The van der Waals surface area contributed by atoms with Crippen LogP contribution >= 0.6 is 0 Å². The number of benzene rings is 2. The standard InChI is InChI=1S/C16H15NO2/c1-10(18)17-13-8-12-7-11-5-3-4-6-14(11)16(12)15(9-13)19-2/h3-6,8-9H,7H2,1-2H3,(H,17,18). The van der Waals surface area contributed by atoms with E-state index in [0.717, 1.165) is 23.4 Å². The molecule has 1 amide bonds. The molecule has 3 rings (SSSR count). The van der Waals surface area contributed by atoms with Gasteiger partial charge < -0.3 is 10.1 Å². The molecule has 0 aromatic heterocycles. The van der Waals surface area contributed by atoms with Crippen molar-refractivity contribution in [3.8, 4) is 16.9 Å². The lowest BCUT2D eigenvalue weighted by molar-refractivity contribution is -0.114. The van der Waals surface area contributed by atoms with E-state index in [4.69, 9.17) is 4.74 Å². The fraction of sp³-hybridized carbons (Fsp3) is 0.188. The maximum Gasteiger partial charge on any atom is 0.221 e. The number of rotatable bonds is 2. The smallest absolute Gasteiger partial charge is 0.221 e. The third kappa shape index (κ3) is 1.97. The summed E-state index contributed by atoms with van der Waals surface area (Å²) in [6, 6.07) is 12.2. The molecule has 96 valence electrons. The molecule has 1 N–H and O–H groups in total. The van der Waals surface area contributed by atoms with Gasteiger partial charge in [0.15, 0.2) is 0 Å². The molecule has 0 fully saturated rings. The molecule has 1 aliphatic carbocycles. The van der Waals surface area contributed by atoms with E-state index in [1.165, 1.54) is 23.6 Å². The Labute approximate surface area is 112 Å². The Morgan fingerprint density at radius 3 is 2.74 bits per heavy atom. The van der Waals surface area contributed by atoms with Crippen LogP contribution in [0.15, 0.2) is 36.4 Å². The molecule has 3 heteroatoms. The summed E-state index contributed by atoms with van der Waals surface area (Å²) in [6.45, 7) is 1.51. The van der Waals surface area contributed by atoms with E-state index in [2.05, 4.69) is 17.4 Å². The van der Waals surface area contributed by atoms with Crippen LogP contribution in [0.1, 0.15) is 18.1 Å². The summed E-state index contributed by atoms with van der Waals surface area (Å²) in [5.74, 6) is 0.740. The lowest BCUT2D eigenvalue weighted by Crippen LogP contribution is -2.06. The van der Waals surface area contributed by atoms with Gasteiger partial charge in [0.05, 0.1) is 7.11 Å². The number of carbonyl (C=O) groups is 1.